The topological polar surface area (TPSA) is 71.8 Å². The van der Waals surface area contributed by atoms with Gasteiger partial charge in [-0.3, -0.25) is 0 Å². The van der Waals surface area contributed by atoms with Gasteiger partial charge in [0.05, 0.1) is 11.1 Å². The molecule has 1 atom stereocenters. The summed E-state index contributed by atoms with van der Waals surface area (Å²) in [5, 5.41) is 0.208. The molecular weight excluding hydrogens is 247 g/mol. The summed E-state index contributed by atoms with van der Waals surface area (Å²) in [4.78, 5) is 17.2. The van der Waals surface area contributed by atoms with E-state index in [1.807, 2.05) is 0 Å². The van der Waals surface area contributed by atoms with E-state index >= 15 is 0 Å². The number of rotatable bonds is 1. The molecule has 96 valence electrons. The Morgan fingerprint density at radius 3 is 2.61 bits per heavy atom. The van der Waals surface area contributed by atoms with Crippen molar-refractivity contribution in [2.45, 2.75) is 19.1 Å². The van der Waals surface area contributed by atoms with E-state index in [1.54, 1.807) is 6.92 Å². The van der Waals surface area contributed by atoms with Crippen molar-refractivity contribution < 1.29 is 13.2 Å². The average molecular weight is 257 g/mol. The van der Waals surface area contributed by atoms with Gasteiger partial charge in [0, 0.05) is 17.1 Å². The van der Waals surface area contributed by atoms with Crippen LogP contribution in [0.15, 0.2) is 23.0 Å². The van der Waals surface area contributed by atoms with Crippen LogP contribution in [-0.2, 0) is 6.18 Å². The summed E-state index contributed by atoms with van der Waals surface area (Å²) in [7, 11) is 0. The zero-order valence-corrected chi connectivity index (χ0v) is 9.38. The summed E-state index contributed by atoms with van der Waals surface area (Å²) in [6, 6.07) is 2.40. The molecule has 0 saturated carbocycles. The highest BCUT2D eigenvalue weighted by Gasteiger charge is 2.30. The van der Waals surface area contributed by atoms with E-state index in [9.17, 15) is 18.0 Å². The van der Waals surface area contributed by atoms with Crippen LogP contribution < -0.4 is 11.4 Å². The van der Waals surface area contributed by atoms with E-state index < -0.39 is 23.5 Å². The molecule has 18 heavy (non-hydrogen) atoms. The van der Waals surface area contributed by atoms with Gasteiger partial charge in [0.25, 0.3) is 0 Å². The molecule has 4 nitrogen and oxygen atoms in total. The van der Waals surface area contributed by atoms with Gasteiger partial charge < -0.3 is 10.7 Å². The number of nitrogens with zero attached hydrogens (tertiary/aromatic N) is 1. The van der Waals surface area contributed by atoms with E-state index in [-0.39, 0.29) is 16.6 Å². The first kappa shape index (κ1) is 12.6. The Kier molecular flexibility index (Phi) is 2.86. The zero-order valence-electron chi connectivity index (χ0n) is 9.38. The molecule has 0 amide bonds. The minimum absolute atomic E-state index is 0.194. The van der Waals surface area contributed by atoms with E-state index in [0.29, 0.717) is 0 Å². The molecule has 0 aliphatic rings. The van der Waals surface area contributed by atoms with Crippen LogP contribution in [0.5, 0.6) is 0 Å². The Morgan fingerprint density at radius 2 is 2.06 bits per heavy atom. The van der Waals surface area contributed by atoms with Crippen LogP contribution in [0.1, 0.15) is 24.2 Å². The fraction of sp³-hybridized carbons (Fsp3) is 0.273. The van der Waals surface area contributed by atoms with Gasteiger partial charge >= 0.3 is 11.9 Å². The molecule has 0 aliphatic carbocycles. The zero-order chi connectivity index (χ0) is 13.5. The Balaban J connectivity index is 2.79. The first-order chi connectivity index (χ1) is 8.29. The number of hydrogen-bond acceptors (Lipinski definition) is 3. The maximum absolute atomic E-state index is 12.6. The normalized spacial score (nSPS) is 13.8. The third-order valence-corrected chi connectivity index (χ3v) is 2.53. The Morgan fingerprint density at radius 1 is 1.39 bits per heavy atom. The van der Waals surface area contributed by atoms with Crippen molar-refractivity contribution in [2.24, 2.45) is 5.73 Å². The fourth-order valence-corrected chi connectivity index (χ4v) is 1.70. The van der Waals surface area contributed by atoms with Crippen LogP contribution in [0.2, 0.25) is 0 Å². The number of nitrogens with two attached hydrogens (primary N) is 1. The quantitative estimate of drug-likeness (QED) is 0.820. The van der Waals surface area contributed by atoms with E-state index in [1.165, 1.54) is 6.07 Å². The SMILES string of the molecule is CC(N)c1[nH]c(=O)nc2ccc(C(F)(F)F)cc12. The maximum Gasteiger partial charge on any atom is 0.416 e. The van der Waals surface area contributed by atoms with Crippen molar-refractivity contribution in [3.05, 3.63) is 39.9 Å². The highest BCUT2D eigenvalue weighted by molar-refractivity contribution is 5.81. The van der Waals surface area contributed by atoms with Crippen LogP contribution in [-0.4, -0.2) is 9.97 Å². The van der Waals surface area contributed by atoms with Crippen LogP contribution in [0.3, 0.4) is 0 Å². The predicted octanol–water partition coefficient (Wildman–Crippen LogP) is 1.96. The Labute approximate surface area is 99.6 Å². The lowest BCUT2D eigenvalue weighted by Crippen LogP contribution is -2.18. The molecule has 1 aromatic carbocycles. The van der Waals surface area contributed by atoms with Crippen molar-refractivity contribution in [2.75, 3.05) is 0 Å². The molecule has 0 aliphatic heterocycles. The molecule has 0 fully saturated rings. The number of H-pyrrole nitrogens is 1. The van der Waals surface area contributed by atoms with Gasteiger partial charge in [-0.05, 0) is 25.1 Å². The van der Waals surface area contributed by atoms with Crippen LogP contribution >= 0.6 is 0 Å². The smallest absolute Gasteiger partial charge is 0.323 e. The molecule has 3 N–H and O–H groups in total. The second-order valence-electron chi connectivity index (χ2n) is 3.97. The van der Waals surface area contributed by atoms with E-state index in [2.05, 4.69) is 9.97 Å². The number of halogens is 3. The van der Waals surface area contributed by atoms with E-state index in [0.717, 1.165) is 12.1 Å². The molecule has 2 rings (SSSR count). The first-order valence-electron chi connectivity index (χ1n) is 5.16. The molecule has 0 spiro atoms. The fourth-order valence-electron chi connectivity index (χ4n) is 1.70. The summed E-state index contributed by atoms with van der Waals surface area (Å²) >= 11 is 0. The van der Waals surface area contributed by atoms with Gasteiger partial charge in [-0.2, -0.15) is 18.2 Å². The van der Waals surface area contributed by atoms with Gasteiger partial charge in [-0.25, -0.2) is 4.79 Å². The van der Waals surface area contributed by atoms with E-state index in [4.69, 9.17) is 5.73 Å². The Bertz CT molecular complexity index is 646. The lowest BCUT2D eigenvalue weighted by atomic mass is 10.1. The molecule has 0 saturated heterocycles. The molecule has 1 heterocycles. The van der Waals surface area contributed by atoms with Gasteiger partial charge in [0.2, 0.25) is 0 Å². The van der Waals surface area contributed by atoms with Crippen molar-refractivity contribution in [1.82, 2.24) is 9.97 Å². The monoisotopic (exact) mass is 257 g/mol. The van der Waals surface area contributed by atoms with Crippen LogP contribution in [0.4, 0.5) is 13.2 Å². The molecule has 1 aromatic heterocycles. The van der Waals surface area contributed by atoms with Crippen LogP contribution in [0.25, 0.3) is 10.9 Å². The number of nitrogens with one attached hydrogen (secondary N) is 1. The number of benzene rings is 1. The maximum atomic E-state index is 12.6. The number of aromatic amines is 1. The second-order valence-corrected chi connectivity index (χ2v) is 3.97. The third kappa shape index (κ3) is 2.21. The highest BCUT2D eigenvalue weighted by atomic mass is 19.4. The first-order valence-corrected chi connectivity index (χ1v) is 5.16. The third-order valence-electron chi connectivity index (χ3n) is 2.53. The lowest BCUT2D eigenvalue weighted by Gasteiger charge is -2.11. The van der Waals surface area contributed by atoms with Crippen molar-refractivity contribution in [1.29, 1.82) is 0 Å². The molecule has 7 heteroatoms. The average Bonchev–Trinajstić information content (AvgIpc) is 2.25. The lowest BCUT2D eigenvalue weighted by molar-refractivity contribution is -0.137. The summed E-state index contributed by atoms with van der Waals surface area (Å²) in [6.07, 6.45) is -4.45. The molecule has 1 unspecified atom stereocenters. The van der Waals surface area contributed by atoms with Crippen molar-refractivity contribution in [3.63, 3.8) is 0 Å². The number of fused-ring (bicyclic) bond motifs is 1. The Hall–Kier alpha value is -1.89. The summed E-state index contributed by atoms with van der Waals surface area (Å²) in [5.41, 5.74) is 4.64. The second kappa shape index (κ2) is 4.09. The number of alkyl halides is 3. The minimum Gasteiger partial charge on any atom is -0.323 e. The molecular formula is C11H10F3N3O. The van der Waals surface area contributed by atoms with Crippen LogP contribution in [0, 0.1) is 0 Å². The summed E-state index contributed by atoms with van der Waals surface area (Å²) in [5.74, 6) is 0. The van der Waals surface area contributed by atoms with Crippen molar-refractivity contribution >= 4 is 10.9 Å². The largest absolute Gasteiger partial charge is 0.416 e. The number of aromatic nitrogens is 2. The van der Waals surface area contributed by atoms with Gasteiger partial charge in [-0.1, -0.05) is 0 Å². The molecule has 0 bridgehead atoms. The van der Waals surface area contributed by atoms with Crippen molar-refractivity contribution in [3.8, 4) is 0 Å². The highest BCUT2D eigenvalue weighted by Crippen LogP contribution is 2.31. The van der Waals surface area contributed by atoms with Gasteiger partial charge in [0.15, 0.2) is 0 Å². The van der Waals surface area contributed by atoms with Gasteiger partial charge in [-0.15, -0.1) is 0 Å². The molecule has 2 aromatic rings. The standard InChI is InChI=1S/C11H10F3N3O/c1-5(15)9-7-4-6(11(12,13)14)2-3-8(7)16-10(18)17-9/h2-5H,15H2,1H3,(H,16,17,18). The predicted molar refractivity (Wildman–Crippen MR) is 60.0 cm³/mol. The molecule has 0 radical (unpaired) electrons. The number of hydrogen-bond donors (Lipinski definition) is 2. The minimum atomic E-state index is -4.45. The summed E-state index contributed by atoms with van der Waals surface area (Å²) < 4.78 is 37.8. The summed E-state index contributed by atoms with van der Waals surface area (Å²) in [6.45, 7) is 1.57. The van der Waals surface area contributed by atoms with Gasteiger partial charge in [0.1, 0.15) is 0 Å².